The van der Waals surface area contributed by atoms with Crippen LogP contribution in [0.1, 0.15) is 11.7 Å². The molecule has 1 aromatic rings. The van der Waals surface area contributed by atoms with Gasteiger partial charge in [-0.15, -0.1) is 0 Å². The molecular weight excluding hydrogens is 196 g/mol. The minimum atomic E-state index is -0.830. The highest BCUT2D eigenvalue weighted by Gasteiger charge is 2.23. The Kier molecular flexibility index (Phi) is 2.43. The third kappa shape index (κ3) is 1.71. The summed E-state index contributed by atoms with van der Waals surface area (Å²) in [5.41, 5.74) is 0.644. The van der Waals surface area contributed by atoms with Gasteiger partial charge in [-0.1, -0.05) is 18.2 Å². The predicted octanol–water partition coefficient (Wildman–Crippen LogP) is 1.17. The third-order valence-electron chi connectivity index (χ3n) is 2.15. The summed E-state index contributed by atoms with van der Waals surface area (Å²) in [6.07, 6.45) is 0.498. The highest BCUT2D eigenvalue weighted by Crippen LogP contribution is 2.32. The molecule has 1 aromatic carbocycles. The maximum absolute atomic E-state index is 11.2. The van der Waals surface area contributed by atoms with Crippen molar-refractivity contribution >= 4 is 5.97 Å². The zero-order chi connectivity index (χ0) is 10.8. The van der Waals surface area contributed by atoms with E-state index in [1.165, 1.54) is 13.2 Å². The monoisotopic (exact) mass is 206 g/mol. The molecular formula is C11H10O4. The average Bonchev–Trinajstić information content (AvgIpc) is 2.28. The van der Waals surface area contributed by atoms with Crippen LogP contribution in [0.4, 0.5) is 0 Å². The Bertz CT molecular complexity index is 422. The number of carbonyl (C=O) groups is 1. The van der Waals surface area contributed by atoms with Gasteiger partial charge in [-0.25, -0.2) is 4.79 Å². The molecule has 0 saturated carbocycles. The number of carbonyl (C=O) groups excluding carboxylic acids is 1. The van der Waals surface area contributed by atoms with Gasteiger partial charge in [-0.05, 0) is 12.1 Å². The number of esters is 1. The lowest BCUT2D eigenvalue weighted by Crippen LogP contribution is -2.17. The lowest BCUT2D eigenvalue weighted by Gasteiger charge is -2.19. The topological polar surface area (TPSA) is 55.8 Å². The van der Waals surface area contributed by atoms with Crippen LogP contribution in [0.15, 0.2) is 36.1 Å². The molecule has 0 fully saturated rings. The van der Waals surface area contributed by atoms with E-state index in [0.717, 1.165) is 0 Å². The predicted molar refractivity (Wildman–Crippen MR) is 52.1 cm³/mol. The lowest BCUT2D eigenvalue weighted by atomic mass is 10.1. The Labute approximate surface area is 86.7 Å². The molecule has 1 atom stereocenters. The first-order valence-corrected chi connectivity index (χ1v) is 4.47. The van der Waals surface area contributed by atoms with Crippen molar-refractivity contribution in [1.82, 2.24) is 0 Å². The van der Waals surface area contributed by atoms with Crippen molar-refractivity contribution in [3.05, 3.63) is 41.7 Å². The number of aliphatic hydroxyl groups excluding tert-OH is 1. The van der Waals surface area contributed by atoms with Crippen LogP contribution in [0.2, 0.25) is 0 Å². The maximum Gasteiger partial charge on any atom is 0.373 e. The second-order valence-electron chi connectivity index (χ2n) is 3.11. The van der Waals surface area contributed by atoms with Crippen LogP contribution < -0.4 is 4.74 Å². The fourth-order valence-electron chi connectivity index (χ4n) is 1.41. The second kappa shape index (κ2) is 3.74. The fourth-order valence-corrected chi connectivity index (χ4v) is 1.41. The van der Waals surface area contributed by atoms with Gasteiger partial charge in [0.05, 0.1) is 7.11 Å². The van der Waals surface area contributed by atoms with Crippen molar-refractivity contribution in [3.63, 3.8) is 0 Å². The molecule has 15 heavy (non-hydrogen) atoms. The van der Waals surface area contributed by atoms with Crippen molar-refractivity contribution in [2.24, 2.45) is 0 Å². The molecule has 2 rings (SSSR count). The van der Waals surface area contributed by atoms with E-state index < -0.39 is 12.1 Å². The highest BCUT2D eigenvalue weighted by atomic mass is 16.6. The molecule has 1 N–H and O–H groups in total. The number of para-hydroxylation sites is 1. The maximum atomic E-state index is 11.2. The minimum Gasteiger partial charge on any atom is -0.463 e. The first kappa shape index (κ1) is 9.73. The van der Waals surface area contributed by atoms with Gasteiger partial charge in [0, 0.05) is 5.56 Å². The molecule has 0 aromatic heterocycles. The number of aliphatic hydroxyl groups is 1. The summed E-state index contributed by atoms with van der Waals surface area (Å²) in [4.78, 5) is 11.2. The van der Waals surface area contributed by atoms with E-state index in [4.69, 9.17) is 4.74 Å². The summed E-state index contributed by atoms with van der Waals surface area (Å²) < 4.78 is 9.79. The summed E-state index contributed by atoms with van der Waals surface area (Å²) in [6, 6.07) is 6.99. The summed E-state index contributed by atoms with van der Waals surface area (Å²) in [5.74, 6) is -0.0971. The van der Waals surface area contributed by atoms with E-state index in [-0.39, 0.29) is 5.76 Å². The van der Waals surface area contributed by atoms with Gasteiger partial charge < -0.3 is 14.6 Å². The number of fused-ring (bicyclic) bond motifs is 1. The van der Waals surface area contributed by atoms with Gasteiger partial charge in [0.15, 0.2) is 0 Å². The largest absolute Gasteiger partial charge is 0.463 e. The third-order valence-corrected chi connectivity index (χ3v) is 2.15. The summed E-state index contributed by atoms with van der Waals surface area (Å²) in [7, 11) is 1.26. The van der Waals surface area contributed by atoms with Crippen LogP contribution in [0.25, 0.3) is 0 Å². The number of benzene rings is 1. The quantitative estimate of drug-likeness (QED) is 0.701. The number of methoxy groups -OCH3 is 1. The fraction of sp³-hybridized carbons (Fsp3) is 0.182. The Balaban J connectivity index is 2.35. The smallest absolute Gasteiger partial charge is 0.373 e. The van der Waals surface area contributed by atoms with Crippen LogP contribution in [-0.2, 0) is 9.53 Å². The van der Waals surface area contributed by atoms with E-state index in [0.29, 0.717) is 11.3 Å². The first-order valence-electron chi connectivity index (χ1n) is 4.47. The molecule has 0 aliphatic carbocycles. The van der Waals surface area contributed by atoms with Gasteiger partial charge in [0.1, 0.15) is 11.9 Å². The van der Waals surface area contributed by atoms with Crippen LogP contribution in [-0.4, -0.2) is 18.2 Å². The zero-order valence-electron chi connectivity index (χ0n) is 8.14. The zero-order valence-corrected chi connectivity index (χ0v) is 8.14. The van der Waals surface area contributed by atoms with E-state index in [1.807, 2.05) is 0 Å². The Morgan fingerprint density at radius 3 is 2.93 bits per heavy atom. The highest BCUT2D eigenvalue weighted by molar-refractivity contribution is 5.87. The molecule has 1 heterocycles. The van der Waals surface area contributed by atoms with Crippen molar-refractivity contribution < 1.29 is 19.4 Å². The first-order chi connectivity index (χ1) is 7.22. The van der Waals surface area contributed by atoms with Crippen molar-refractivity contribution in [3.8, 4) is 5.75 Å². The number of ether oxygens (including phenoxy) is 2. The molecule has 4 heteroatoms. The molecule has 0 bridgehead atoms. The second-order valence-corrected chi connectivity index (χ2v) is 3.11. The van der Waals surface area contributed by atoms with E-state index in [2.05, 4.69) is 4.74 Å². The molecule has 78 valence electrons. The molecule has 1 aliphatic heterocycles. The number of rotatable bonds is 1. The van der Waals surface area contributed by atoms with Crippen LogP contribution >= 0.6 is 0 Å². The summed E-state index contributed by atoms with van der Waals surface area (Å²) in [6.45, 7) is 0. The number of hydrogen-bond acceptors (Lipinski definition) is 4. The van der Waals surface area contributed by atoms with Crippen LogP contribution in [0.3, 0.4) is 0 Å². The standard InChI is InChI=1S/C11H10O4/c1-14-11(13)10-6-8(12)7-4-2-3-5-9(7)15-10/h2-6,8,12H,1H3. The summed E-state index contributed by atoms with van der Waals surface area (Å²) in [5, 5.41) is 9.71. The van der Waals surface area contributed by atoms with E-state index in [1.54, 1.807) is 24.3 Å². The van der Waals surface area contributed by atoms with Gasteiger partial charge in [0.2, 0.25) is 5.76 Å². The summed E-state index contributed by atoms with van der Waals surface area (Å²) >= 11 is 0. The molecule has 0 spiro atoms. The van der Waals surface area contributed by atoms with Crippen LogP contribution in [0.5, 0.6) is 5.75 Å². The lowest BCUT2D eigenvalue weighted by molar-refractivity contribution is -0.138. The molecule has 1 aliphatic rings. The Morgan fingerprint density at radius 1 is 1.47 bits per heavy atom. The normalized spacial score (nSPS) is 18.5. The van der Waals surface area contributed by atoms with E-state index >= 15 is 0 Å². The van der Waals surface area contributed by atoms with Gasteiger partial charge >= 0.3 is 5.97 Å². The molecule has 4 nitrogen and oxygen atoms in total. The molecule has 0 amide bonds. The minimum absolute atomic E-state index is 0.0173. The van der Waals surface area contributed by atoms with Crippen molar-refractivity contribution in [1.29, 1.82) is 0 Å². The van der Waals surface area contributed by atoms with Gasteiger partial charge in [-0.3, -0.25) is 0 Å². The van der Waals surface area contributed by atoms with Crippen molar-refractivity contribution in [2.75, 3.05) is 7.11 Å². The van der Waals surface area contributed by atoms with Gasteiger partial charge in [0.25, 0.3) is 0 Å². The SMILES string of the molecule is COC(=O)C1=CC(O)c2ccccc2O1. The van der Waals surface area contributed by atoms with Crippen molar-refractivity contribution in [2.45, 2.75) is 6.10 Å². The Morgan fingerprint density at radius 2 is 2.20 bits per heavy atom. The molecule has 1 unspecified atom stereocenters. The Hall–Kier alpha value is -1.81. The molecule has 0 radical (unpaired) electrons. The average molecular weight is 206 g/mol. The molecule has 0 saturated heterocycles. The van der Waals surface area contributed by atoms with Gasteiger partial charge in [-0.2, -0.15) is 0 Å². The number of hydrogen-bond donors (Lipinski definition) is 1. The van der Waals surface area contributed by atoms with E-state index in [9.17, 15) is 9.90 Å². The van der Waals surface area contributed by atoms with Crippen LogP contribution in [0, 0.1) is 0 Å².